The second kappa shape index (κ2) is 2.26. The van der Waals surface area contributed by atoms with E-state index in [1.54, 1.807) is 11.6 Å². The first-order chi connectivity index (χ1) is 4.25. The molecule has 0 amide bonds. The van der Waals surface area contributed by atoms with Crippen LogP contribution in [0.1, 0.15) is 0 Å². The zero-order valence-corrected chi connectivity index (χ0v) is 6.09. The van der Waals surface area contributed by atoms with Crippen LogP contribution in [0.5, 0.6) is 6.01 Å². The highest BCUT2D eigenvalue weighted by molar-refractivity contribution is 7.80. The molecule has 4 nitrogen and oxygen atoms in total. The normalized spacial score (nSPS) is 9.67. The minimum absolute atomic E-state index is 0.472. The molecule has 9 heavy (non-hydrogen) atoms. The third kappa shape index (κ3) is 0.999. The Balaban J connectivity index is 3.04. The summed E-state index contributed by atoms with van der Waals surface area (Å²) in [7, 11) is 3.32. The molecule has 0 fully saturated rings. The summed E-state index contributed by atoms with van der Waals surface area (Å²) in [5.74, 6) is 0. The van der Waals surface area contributed by atoms with Crippen molar-refractivity contribution >= 4 is 12.6 Å². The van der Waals surface area contributed by atoms with Crippen molar-refractivity contribution in [3.8, 4) is 6.01 Å². The molecule has 0 aliphatic rings. The summed E-state index contributed by atoms with van der Waals surface area (Å²) in [6.45, 7) is 0. The van der Waals surface area contributed by atoms with Crippen LogP contribution in [0.4, 0.5) is 0 Å². The van der Waals surface area contributed by atoms with Crippen LogP contribution in [0, 0.1) is 0 Å². The molecule has 0 spiro atoms. The Morgan fingerprint density at radius 2 is 2.22 bits per heavy atom. The van der Waals surface area contributed by atoms with Crippen LogP contribution in [0.3, 0.4) is 0 Å². The molecule has 0 aliphatic heterocycles. The molecule has 0 saturated carbocycles. The van der Waals surface area contributed by atoms with Gasteiger partial charge in [0, 0.05) is 7.05 Å². The van der Waals surface area contributed by atoms with Gasteiger partial charge in [0.05, 0.1) is 7.11 Å². The molecule has 0 aromatic carbocycles. The van der Waals surface area contributed by atoms with E-state index in [4.69, 9.17) is 4.74 Å². The molecule has 0 bridgehead atoms. The molecule has 0 aliphatic carbocycles. The topological polar surface area (TPSA) is 39.9 Å². The van der Waals surface area contributed by atoms with Crippen molar-refractivity contribution in [2.75, 3.05) is 7.11 Å². The molecule has 0 unspecified atom stereocenters. The Bertz CT molecular complexity index is 210. The van der Waals surface area contributed by atoms with Crippen molar-refractivity contribution in [2.45, 2.75) is 5.16 Å². The van der Waals surface area contributed by atoms with Crippen LogP contribution in [-0.2, 0) is 7.05 Å². The number of hydrogen-bond acceptors (Lipinski definition) is 4. The van der Waals surface area contributed by atoms with Gasteiger partial charge in [-0.15, -0.1) is 17.7 Å². The van der Waals surface area contributed by atoms with Crippen LogP contribution >= 0.6 is 12.6 Å². The molecule has 0 N–H and O–H groups in total. The lowest BCUT2D eigenvalue weighted by Crippen LogP contribution is -1.93. The predicted molar refractivity (Wildman–Crippen MR) is 34.8 cm³/mol. The molecule has 1 aromatic rings. The largest absolute Gasteiger partial charge is 0.467 e. The Morgan fingerprint density at radius 1 is 1.56 bits per heavy atom. The number of methoxy groups -OCH3 is 1. The molecule has 5 heteroatoms. The van der Waals surface area contributed by atoms with E-state index in [2.05, 4.69) is 22.8 Å². The molecule has 0 atom stereocenters. The third-order valence-electron chi connectivity index (χ3n) is 0.994. The van der Waals surface area contributed by atoms with Gasteiger partial charge < -0.3 is 4.74 Å². The second-order valence-corrected chi connectivity index (χ2v) is 1.95. The maximum Gasteiger partial charge on any atom is 0.317 e. The number of hydrogen-bond donors (Lipinski definition) is 1. The summed E-state index contributed by atoms with van der Waals surface area (Å²) in [6.07, 6.45) is 0. The average Bonchev–Trinajstić information content (AvgIpc) is 2.15. The molecule has 0 saturated heterocycles. The maximum atomic E-state index is 4.81. The van der Waals surface area contributed by atoms with Gasteiger partial charge in [0.1, 0.15) is 0 Å². The van der Waals surface area contributed by atoms with E-state index in [1.165, 1.54) is 7.11 Å². The fourth-order valence-electron chi connectivity index (χ4n) is 0.485. The quantitative estimate of drug-likeness (QED) is 0.570. The minimum atomic E-state index is 0.472. The van der Waals surface area contributed by atoms with Gasteiger partial charge in [-0.1, -0.05) is 5.10 Å². The first-order valence-electron chi connectivity index (χ1n) is 2.38. The van der Waals surface area contributed by atoms with Crippen molar-refractivity contribution in [1.82, 2.24) is 14.8 Å². The van der Waals surface area contributed by atoms with E-state index >= 15 is 0 Å². The number of rotatable bonds is 1. The van der Waals surface area contributed by atoms with Crippen LogP contribution in [0.2, 0.25) is 0 Å². The lowest BCUT2D eigenvalue weighted by molar-refractivity contribution is 0.361. The Morgan fingerprint density at radius 3 is 2.44 bits per heavy atom. The standard InChI is InChI=1S/C4H7N3OS/c1-7-3(8-2)5-6-4(7)9/h1-2H3,(H,6,9). The molecule has 1 rings (SSSR count). The van der Waals surface area contributed by atoms with Gasteiger partial charge in [0.15, 0.2) is 5.16 Å². The molecular formula is C4H7N3OS. The van der Waals surface area contributed by atoms with Gasteiger partial charge in [-0.05, 0) is 0 Å². The van der Waals surface area contributed by atoms with E-state index in [-0.39, 0.29) is 0 Å². The lowest BCUT2D eigenvalue weighted by Gasteiger charge is -1.95. The van der Waals surface area contributed by atoms with Gasteiger partial charge in [0.2, 0.25) is 0 Å². The highest BCUT2D eigenvalue weighted by Gasteiger charge is 2.02. The number of thiol groups is 1. The van der Waals surface area contributed by atoms with Gasteiger partial charge in [-0.3, -0.25) is 4.57 Å². The van der Waals surface area contributed by atoms with Crippen molar-refractivity contribution < 1.29 is 4.74 Å². The lowest BCUT2D eigenvalue weighted by atomic mass is 11.0. The molecule has 50 valence electrons. The van der Waals surface area contributed by atoms with E-state index < -0.39 is 0 Å². The highest BCUT2D eigenvalue weighted by Crippen LogP contribution is 2.08. The SMILES string of the molecule is COc1nnc(S)n1C. The summed E-state index contributed by atoms with van der Waals surface area (Å²) >= 11 is 3.98. The summed E-state index contributed by atoms with van der Waals surface area (Å²) in [4.78, 5) is 0. The fourth-order valence-corrected chi connectivity index (χ4v) is 0.615. The first kappa shape index (κ1) is 6.41. The molecular weight excluding hydrogens is 138 g/mol. The Hall–Kier alpha value is -0.710. The van der Waals surface area contributed by atoms with E-state index in [0.717, 1.165) is 0 Å². The fraction of sp³-hybridized carbons (Fsp3) is 0.500. The number of ether oxygens (including phenoxy) is 1. The summed E-state index contributed by atoms with van der Waals surface area (Å²) in [5, 5.41) is 7.84. The summed E-state index contributed by atoms with van der Waals surface area (Å²) < 4.78 is 6.45. The van der Waals surface area contributed by atoms with Gasteiger partial charge in [-0.2, -0.15) is 0 Å². The predicted octanol–water partition coefficient (Wildman–Crippen LogP) is 0.112. The maximum absolute atomic E-state index is 4.81. The van der Waals surface area contributed by atoms with Crippen molar-refractivity contribution in [1.29, 1.82) is 0 Å². The zero-order valence-electron chi connectivity index (χ0n) is 5.20. The minimum Gasteiger partial charge on any atom is -0.467 e. The van der Waals surface area contributed by atoms with Crippen molar-refractivity contribution in [3.05, 3.63) is 0 Å². The number of aromatic nitrogens is 3. The highest BCUT2D eigenvalue weighted by atomic mass is 32.1. The third-order valence-corrected chi connectivity index (χ3v) is 1.38. The monoisotopic (exact) mass is 145 g/mol. The Labute approximate surface area is 58.3 Å². The van der Waals surface area contributed by atoms with Gasteiger partial charge >= 0.3 is 6.01 Å². The smallest absolute Gasteiger partial charge is 0.317 e. The summed E-state index contributed by atoms with van der Waals surface area (Å²) in [6, 6.07) is 0.472. The molecule has 1 heterocycles. The van der Waals surface area contributed by atoms with Crippen LogP contribution < -0.4 is 4.74 Å². The molecule has 0 radical (unpaired) electrons. The molecule has 1 aromatic heterocycles. The second-order valence-electron chi connectivity index (χ2n) is 1.55. The van der Waals surface area contributed by atoms with E-state index in [0.29, 0.717) is 11.2 Å². The van der Waals surface area contributed by atoms with Crippen molar-refractivity contribution in [3.63, 3.8) is 0 Å². The number of nitrogens with zero attached hydrogens (tertiary/aromatic N) is 3. The average molecular weight is 145 g/mol. The summed E-state index contributed by atoms with van der Waals surface area (Å²) in [5.41, 5.74) is 0. The van der Waals surface area contributed by atoms with E-state index in [1.807, 2.05) is 0 Å². The first-order valence-corrected chi connectivity index (χ1v) is 2.82. The van der Waals surface area contributed by atoms with Crippen LogP contribution in [0.15, 0.2) is 5.16 Å². The zero-order chi connectivity index (χ0) is 6.85. The van der Waals surface area contributed by atoms with E-state index in [9.17, 15) is 0 Å². The van der Waals surface area contributed by atoms with Crippen LogP contribution in [-0.4, -0.2) is 21.9 Å². The Kier molecular flexibility index (Phi) is 1.61. The van der Waals surface area contributed by atoms with Gasteiger partial charge in [-0.25, -0.2) is 0 Å². The van der Waals surface area contributed by atoms with Gasteiger partial charge in [0.25, 0.3) is 0 Å². The van der Waals surface area contributed by atoms with Crippen molar-refractivity contribution in [2.24, 2.45) is 7.05 Å². The van der Waals surface area contributed by atoms with Crippen LogP contribution in [0.25, 0.3) is 0 Å².